The fourth-order valence-electron chi connectivity index (χ4n) is 2.66. The summed E-state index contributed by atoms with van der Waals surface area (Å²) >= 11 is 3.51. The van der Waals surface area contributed by atoms with Gasteiger partial charge in [-0.25, -0.2) is 0 Å². The number of ether oxygens (including phenoxy) is 2. The van der Waals surface area contributed by atoms with Gasteiger partial charge in [-0.2, -0.15) is 0 Å². The van der Waals surface area contributed by atoms with Crippen LogP contribution in [0.3, 0.4) is 0 Å². The second-order valence-electron chi connectivity index (χ2n) is 5.74. The molecule has 0 saturated carbocycles. The van der Waals surface area contributed by atoms with Crippen LogP contribution in [-0.4, -0.2) is 31.8 Å². The molecule has 1 atom stereocenters. The molecule has 5 heteroatoms. The summed E-state index contributed by atoms with van der Waals surface area (Å²) in [6, 6.07) is 16.0. The largest absolute Gasteiger partial charge is 0.483 e. The van der Waals surface area contributed by atoms with Crippen LogP contribution in [0.25, 0.3) is 11.1 Å². The fraction of sp³-hybridized carbons (Fsp3) is 0.316. The molecule has 2 aromatic carbocycles. The summed E-state index contributed by atoms with van der Waals surface area (Å²) in [6.07, 6.45) is 2.22. The van der Waals surface area contributed by atoms with E-state index in [-0.39, 0.29) is 18.6 Å². The Morgan fingerprint density at radius 3 is 2.75 bits per heavy atom. The van der Waals surface area contributed by atoms with Crippen molar-refractivity contribution in [2.24, 2.45) is 0 Å². The Morgan fingerprint density at radius 2 is 2.04 bits per heavy atom. The van der Waals surface area contributed by atoms with E-state index < -0.39 is 0 Å². The van der Waals surface area contributed by atoms with E-state index in [2.05, 4.69) is 33.4 Å². The summed E-state index contributed by atoms with van der Waals surface area (Å²) in [7, 11) is 0. The molecule has 0 aliphatic carbocycles. The maximum atomic E-state index is 11.9. The van der Waals surface area contributed by atoms with E-state index in [9.17, 15) is 4.79 Å². The molecular formula is C19H20BrNO3. The third kappa shape index (κ3) is 4.58. The minimum Gasteiger partial charge on any atom is -0.483 e. The van der Waals surface area contributed by atoms with E-state index >= 15 is 0 Å². The SMILES string of the molecule is O=C(COc1ccc(-c2ccccc2)cc1Br)NCC1CCCO1. The number of amides is 1. The Kier molecular flexibility index (Phi) is 5.88. The molecule has 126 valence electrons. The molecule has 1 saturated heterocycles. The van der Waals surface area contributed by atoms with Gasteiger partial charge in [0.15, 0.2) is 6.61 Å². The third-order valence-corrected chi connectivity index (χ3v) is 4.57. The van der Waals surface area contributed by atoms with Crippen LogP contribution in [0.2, 0.25) is 0 Å². The molecule has 1 fully saturated rings. The number of benzene rings is 2. The summed E-state index contributed by atoms with van der Waals surface area (Å²) in [6.45, 7) is 1.34. The summed E-state index contributed by atoms with van der Waals surface area (Å²) < 4.78 is 11.9. The normalized spacial score (nSPS) is 16.8. The minimum atomic E-state index is -0.135. The van der Waals surface area contributed by atoms with Gasteiger partial charge in [-0.3, -0.25) is 4.79 Å². The van der Waals surface area contributed by atoms with Gasteiger partial charge in [0.1, 0.15) is 5.75 Å². The molecule has 0 radical (unpaired) electrons. The lowest BCUT2D eigenvalue weighted by Crippen LogP contribution is -2.35. The Bertz CT molecular complexity index is 684. The molecule has 1 amide bonds. The Labute approximate surface area is 150 Å². The molecule has 4 nitrogen and oxygen atoms in total. The van der Waals surface area contributed by atoms with E-state index in [1.165, 1.54) is 0 Å². The second kappa shape index (κ2) is 8.31. The topological polar surface area (TPSA) is 47.6 Å². The van der Waals surface area contributed by atoms with Crippen LogP contribution in [0.15, 0.2) is 53.0 Å². The average Bonchev–Trinajstić information content (AvgIpc) is 3.13. The highest BCUT2D eigenvalue weighted by atomic mass is 79.9. The number of halogens is 1. The highest BCUT2D eigenvalue weighted by molar-refractivity contribution is 9.10. The molecule has 1 N–H and O–H groups in total. The van der Waals surface area contributed by atoms with Crippen molar-refractivity contribution < 1.29 is 14.3 Å². The number of rotatable bonds is 6. The van der Waals surface area contributed by atoms with Crippen molar-refractivity contribution in [2.45, 2.75) is 18.9 Å². The zero-order chi connectivity index (χ0) is 16.8. The Hall–Kier alpha value is -1.85. The van der Waals surface area contributed by atoms with Crippen molar-refractivity contribution in [3.8, 4) is 16.9 Å². The van der Waals surface area contributed by atoms with Gasteiger partial charge in [0, 0.05) is 13.2 Å². The van der Waals surface area contributed by atoms with Crippen molar-refractivity contribution in [3.05, 3.63) is 53.0 Å². The standard InChI is InChI=1S/C19H20BrNO3/c20-17-11-15(14-5-2-1-3-6-14)8-9-18(17)24-13-19(22)21-12-16-7-4-10-23-16/h1-3,5-6,8-9,11,16H,4,7,10,12-13H2,(H,21,22). The third-order valence-electron chi connectivity index (χ3n) is 3.95. The smallest absolute Gasteiger partial charge is 0.258 e. The van der Waals surface area contributed by atoms with E-state index in [1.54, 1.807) is 0 Å². The summed E-state index contributed by atoms with van der Waals surface area (Å²) in [5.74, 6) is 0.520. The van der Waals surface area contributed by atoms with Gasteiger partial charge in [0.2, 0.25) is 0 Å². The number of nitrogens with one attached hydrogen (secondary N) is 1. The molecule has 1 aliphatic rings. The van der Waals surface area contributed by atoms with Crippen LogP contribution in [0.5, 0.6) is 5.75 Å². The molecular weight excluding hydrogens is 370 g/mol. The van der Waals surface area contributed by atoms with Gasteiger partial charge in [-0.1, -0.05) is 36.4 Å². The van der Waals surface area contributed by atoms with Gasteiger partial charge in [-0.15, -0.1) is 0 Å². The molecule has 1 aliphatic heterocycles. The van der Waals surface area contributed by atoms with Crippen molar-refractivity contribution in [1.29, 1.82) is 0 Å². The molecule has 0 spiro atoms. The van der Waals surface area contributed by atoms with Gasteiger partial charge in [0.25, 0.3) is 5.91 Å². The molecule has 1 unspecified atom stereocenters. The first-order valence-electron chi connectivity index (χ1n) is 8.08. The van der Waals surface area contributed by atoms with E-state index in [4.69, 9.17) is 9.47 Å². The lowest BCUT2D eigenvalue weighted by Gasteiger charge is -2.12. The Balaban J connectivity index is 1.52. The van der Waals surface area contributed by atoms with Gasteiger partial charge in [-0.05, 0) is 52.0 Å². The van der Waals surface area contributed by atoms with Crippen molar-refractivity contribution in [1.82, 2.24) is 5.32 Å². The predicted octanol–water partition coefficient (Wildman–Crippen LogP) is 3.79. The van der Waals surface area contributed by atoms with Crippen molar-refractivity contribution in [2.75, 3.05) is 19.8 Å². The van der Waals surface area contributed by atoms with Gasteiger partial charge >= 0.3 is 0 Å². The quantitative estimate of drug-likeness (QED) is 0.817. The van der Waals surface area contributed by atoms with E-state index in [0.29, 0.717) is 12.3 Å². The maximum Gasteiger partial charge on any atom is 0.258 e. The fourth-order valence-corrected chi connectivity index (χ4v) is 3.15. The highest BCUT2D eigenvalue weighted by Crippen LogP contribution is 2.30. The average molecular weight is 390 g/mol. The van der Waals surface area contributed by atoms with Crippen LogP contribution in [-0.2, 0) is 9.53 Å². The predicted molar refractivity (Wildman–Crippen MR) is 97.1 cm³/mol. The van der Waals surface area contributed by atoms with Crippen molar-refractivity contribution >= 4 is 21.8 Å². The van der Waals surface area contributed by atoms with Crippen LogP contribution >= 0.6 is 15.9 Å². The van der Waals surface area contributed by atoms with Crippen molar-refractivity contribution in [3.63, 3.8) is 0 Å². The first-order valence-corrected chi connectivity index (χ1v) is 8.88. The van der Waals surface area contributed by atoms with Crippen LogP contribution in [0.1, 0.15) is 12.8 Å². The molecule has 3 rings (SSSR count). The monoisotopic (exact) mass is 389 g/mol. The lowest BCUT2D eigenvalue weighted by atomic mass is 10.1. The maximum absolute atomic E-state index is 11.9. The van der Waals surface area contributed by atoms with Gasteiger partial charge in [0.05, 0.1) is 10.6 Å². The van der Waals surface area contributed by atoms with Gasteiger partial charge < -0.3 is 14.8 Å². The Morgan fingerprint density at radius 1 is 1.21 bits per heavy atom. The number of carbonyl (C=O) groups excluding carboxylic acids is 1. The number of carbonyl (C=O) groups is 1. The lowest BCUT2D eigenvalue weighted by molar-refractivity contribution is -0.123. The summed E-state index contributed by atoms with van der Waals surface area (Å²) in [4.78, 5) is 11.9. The van der Waals surface area contributed by atoms with Crippen LogP contribution < -0.4 is 10.1 Å². The molecule has 0 aromatic heterocycles. The van der Waals surface area contributed by atoms with Crippen LogP contribution in [0, 0.1) is 0 Å². The molecule has 1 heterocycles. The second-order valence-corrected chi connectivity index (χ2v) is 6.59. The highest BCUT2D eigenvalue weighted by Gasteiger charge is 2.16. The zero-order valence-electron chi connectivity index (χ0n) is 13.3. The van der Waals surface area contributed by atoms with E-state index in [1.807, 2.05) is 36.4 Å². The first-order chi connectivity index (χ1) is 11.7. The first kappa shape index (κ1) is 17.0. The van der Waals surface area contributed by atoms with E-state index in [0.717, 1.165) is 35.0 Å². The van der Waals surface area contributed by atoms with Crippen LogP contribution in [0.4, 0.5) is 0 Å². The number of hydrogen-bond acceptors (Lipinski definition) is 3. The number of hydrogen-bond donors (Lipinski definition) is 1. The summed E-state index contributed by atoms with van der Waals surface area (Å²) in [5.41, 5.74) is 2.23. The molecule has 2 aromatic rings. The minimum absolute atomic E-state index is 0.00396. The summed E-state index contributed by atoms with van der Waals surface area (Å²) in [5, 5.41) is 2.85. The molecule has 24 heavy (non-hydrogen) atoms. The molecule has 0 bridgehead atoms. The zero-order valence-corrected chi connectivity index (χ0v) is 14.9.